The van der Waals surface area contributed by atoms with Gasteiger partial charge in [-0.3, -0.25) is 14.5 Å². The lowest BCUT2D eigenvalue weighted by atomic mass is 9.68. The summed E-state index contributed by atoms with van der Waals surface area (Å²) in [6.07, 6.45) is 7.85. The molecule has 2 aromatic carbocycles. The first-order valence-corrected chi connectivity index (χ1v) is 21.9. The van der Waals surface area contributed by atoms with Gasteiger partial charge < -0.3 is 29.1 Å². The molecule has 1 saturated carbocycles. The third-order valence-corrected chi connectivity index (χ3v) is 13.8. The molecule has 2 fully saturated rings. The molecule has 1 saturated heterocycles. The van der Waals surface area contributed by atoms with Crippen LogP contribution in [-0.2, 0) is 46.7 Å². The zero-order valence-corrected chi connectivity index (χ0v) is 34.6. The van der Waals surface area contributed by atoms with Gasteiger partial charge in [0.15, 0.2) is 5.60 Å². The van der Waals surface area contributed by atoms with Crippen LogP contribution >= 0.6 is 11.6 Å². The molecule has 1 spiro atoms. The average molecular weight is 850 g/mol. The van der Waals surface area contributed by atoms with E-state index in [1.165, 1.54) is 18.1 Å². The maximum Gasteiger partial charge on any atom is 0.301 e. The van der Waals surface area contributed by atoms with Crippen molar-refractivity contribution < 1.29 is 46.1 Å². The highest BCUT2D eigenvalue weighted by Crippen LogP contribution is 2.48. The Bertz CT molecular complexity index is 1980. The second-order valence-corrected chi connectivity index (χ2v) is 18.5. The normalized spacial score (nSPS) is 29.3. The summed E-state index contributed by atoms with van der Waals surface area (Å²) in [5.74, 6) is -3.72. The molecular formula is C41H54ClF2N5O8S. The number of ether oxygens (including phenoxy) is 3. The summed E-state index contributed by atoms with van der Waals surface area (Å²) < 4.78 is 75.2. The van der Waals surface area contributed by atoms with E-state index >= 15 is 0 Å². The number of aryl methyl sites for hydroxylation is 1. The maximum absolute atomic E-state index is 14.0. The minimum absolute atomic E-state index is 0.0351. The van der Waals surface area contributed by atoms with E-state index in [-0.39, 0.29) is 56.3 Å². The quantitative estimate of drug-likeness (QED) is 0.239. The zero-order chi connectivity index (χ0) is 41.3. The van der Waals surface area contributed by atoms with Crippen molar-refractivity contribution in [2.75, 3.05) is 84.7 Å². The van der Waals surface area contributed by atoms with Crippen LogP contribution in [0.15, 0.2) is 48.6 Å². The van der Waals surface area contributed by atoms with Crippen LogP contribution in [0.5, 0.6) is 5.75 Å². The van der Waals surface area contributed by atoms with Crippen LogP contribution in [0.4, 0.5) is 14.5 Å². The Morgan fingerprint density at radius 1 is 1.12 bits per heavy atom. The smallest absolute Gasteiger partial charge is 0.301 e. The van der Waals surface area contributed by atoms with Crippen LogP contribution in [0, 0.1) is 11.8 Å². The van der Waals surface area contributed by atoms with Gasteiger partial charge in [0, 0.05) is 57.3 Å². The molecule has 2 aliphatic carbocycles. The van der Waals surface area contributed by atoms with E-state index in [9.17, 15) is 31.9 Å². The molecule has 5 aliphatic rings. The minimum atomic E-state index is -4.45. The lowest BCUT2D eigenvalue weighted by molar-refractivity contribution is -0.148. The van der Waals surface area contributed by atoms with Gasteiger partial charge in [0.2, 0.25) is 5.91 Å². The highest BCUT2D eigenvalue weighted by molar-refractivity contribution is 7.88. The third kappa shape index (κ3) is 9.33. The molecule has 17 heteroatoms. The number of aliphatic hydroxyl groups is 1. The summed E-state index contributed by atoms with van der Waals surface area (Å²) in [5, 5.41) is 13.0. The number of rotatable bonds is 10. The first-order valence-electron chi connectivity index (χ1n) is 20.1. The number of hydrogen-bond donors (Lipinski definition) is 3. The van der Waals surface area contributed by atoms with Crippen LogP contribution in [0.2, 0.25) is 5.02 Å². The summed E-state index contributed by atoms with van der Waals surface area (Å²) in [4.78, 5) is 33.1. The number of anilines is 1. The molecule has 13 nitrogen and oxygen atoms in total. The Balaban J connectivity index is 1.26. The number of nitrogens with one attached hydrogen (secondary N) is 2. The SMILES string of the molecule is COCCNS(=O)(=O)NC(=O)[C@@]1(O)CC(=O)N(C)CC/C=C\[C@H](OCCN2CC(F)(F)C2)[C@@H]2CC[C@H]2CN2C[C@@]3(CCCc4cc(Cl)ccc43)COc3ccc1cc32. The number of fused-ring (bicyclic) bond motifs is 4. The highest BCUT2D eigenvalue weighted by Gasteiger charge is 2.48. The molecule has 2 bridgehead atoms. The number of halogens is 3. The summed E-state index contributed by atoms with van der Waals surface area (Å²) in [6, 6.07) is 10.8. The van der Waals surface area contributed by atoms with Crippen LogP contribution in [0.1, 0.15) is 55.2 Å². The van der Waals surface area contributed by atoms with E-state index in [0.717, 1.165) is 43.2 Å². The second kappa shape index (κ2) is 17.3. The number of benzene rings is 2. The van der Waals surface area contributed by atoms with Crippen molar-refractivity contribution in [3.63, 3.8) is 0 Å². The molecule has 3 aliphatic heterocycles. The van der Waals surface area contributed by atoms with Crippen molar-refractivity contribution in [1.82, 2.24) is 19.2 Å². The summed E-state index contributed by atoms with van der Waals surface area (Å²) in [6.45, 7) is 1.81. The number of carbonyl (C=O) groups excluding carboxylic acids is 2. The zero-order valence-electron chi connectivity index (χ0n) is 33.1. The maximum atomic E-state index is 14.0. The predicted molar refractivity (Wildman–Crippen MR) is 214 cm³/mol. The highest BCUT2D eigenvalue weighted by atomic mass is 35.5. The molecule has 7 rings (SSSR count). The molecule has 0 aromatic heterocycles. The number of carbonyl (C=O) groups is 2. The molecule has 318 valence electrons. The Labute approximate surface area is 344 Å². The molecule has 3 N–H and O–H groups in total. The van der Waals surface area contributed by atoms with Gasteiger partial charge in [-0.2, -0.15) is 13.1 Å². The van der Waals surface area contributed by atoms with E-state index in [0.29, 0.717) is 55.7 Å². The van der Waals surface area contributed by atoms with E-state index in [4.69, 9.17) is 25.8 Å². The average Bonchev–Trinajstić information content (AvgIpc) is 3.30. The lowest BCUT2D eigenvalue weighted by Gasteiger charge is -2.46. The van der Waals surface area contributed by atoms with Gasteiger partial charge >= 0.3 is 10.2 Å². The van der Waals surface area contributed by atoms with Crippen molar-refractivity contribution in [2.45, 2.75) is 68.0 Å². The number of nitrogens with zero attached hydrogens (tertiary/aromatic N) is 3. The fourth-order valence-corrected chi connectivity index (χ4v) is 10.2. The van der Waals surface area contributed by atoms with Gasteiger partial charge in [-0.15, -0.1) is 0 Å². The van der Waals surface area contributed by atoms with Crippen molar-refractivity contribution in [3.05, 3.63) is 70.3 Å². The van der Waals surface area contributed by atoms with Gasteiger partial charge in [-0.05, 0) is 91.3 Å². The van der Waals surface area contributed by atoms with Crippen molar-refractivity contribution in [2.24, 2.45) is 11.8 Å². The first-order chi connectivity index (χ1) is 27.6. The molecule has 0 radical (unpaired) electrons. The molecule has 58 heavy (non-hydrogen) atoms. The summed E-state index contributed by atoms with van der Waals surface area (Å²) >= 11 is 6.47. The van der Waals surface area contributed by atoms with Gasteiger partial charge in [-0.1, -0.05) is 35.9 Å². The molecule has 2 amide bonds. The molecule has 3 heterocycles. The van der Waals surface area contributed by atoms with E-state index in [1.807, 2.05) is 29.0 Å². The van der Waals surface area contributed by atoms with Crippen molar-refractivity contribution in [1.29, 1.82) is 0 Å². The van der Waals surface area contributed by atoms with Gasteiger partial charge in [0.1, 0.15) is 5.75 Å². The standard InChI is InChI=1S/C41H54ClF2N5O8S/c1-47-16-4-3-7-35(56-19-17-48-25-40(43,44)26-48)32-11-8-29(32)23-49-24-39(14-5-6-28-20-31(42)10-12-33(28)39)27-57-36-13-9-30(21-34(36)49)41(52,22-37(47)50)38(51)46-58(53,54)45-15-18-55-2/h3,7,9-10,12-13,20-21,29,32,35,45,52H,4-6,8,11,14-19,22-27H2,1-2H3,(H,46,51)/b7-3-/t29-,32+,35-,39-,41+/m0/s1. The number of hydrogen-bond acceptors (Lipinski definition) is 10. The van der Waals surface area contributed by atoms with Crippen LogP contribution in [0.3, 0.4) is 0 Å². The van der Waals surface area contributed by atoms with Crippen molar-refractivity contribution >= 4 is 39.3 Å². The monoisotopic (exact) mass is 849 g/mol. The van der Waals surface area contributed by atoms with E-state index in [2.05, 4.69) is 15.7 Å². The number of likely N-dealkylation sites (tertiary alicyclic amines) is 1. The van der Waals surface area contributed by atoms with Crippen molar-refractivity contribution in [3.8, 4) is 5.75 Å². The third-order valence-electron chi connectivity index (χ3n) is 12.5. The molecular weight excluding hydrogens is 796 g/mol. The Kier molecular flexibility index (Phi) is 12.8. The van der Waals surface area contributed by atoms with E-state index in [1.54, 1.807) is 24.1 Å². The van der Waals surface area contributed by atoms with Crippen LogP contribution in [0.25, 0.3) is 0 Å². The summed E-state index contributed by atoms with van der Waals surface area (Å²) in [7, 11) is -1.48. The van der Waals surface area contributed by atoms with Gasteiger partial charge in [-0.25, -0.2) is 13.5 Å². The predicted octanol–water partition coefficient (Wildman–Crippen LogP) is 3.77. The lowest BCUT2D eigenvalue weighted by Crippen LogP contribution is -2.57. The number of alkyl halides is 2. The Hall–Kier alpha value is -3.38. The molecule has 2 aromatic rings. The fraction of sp³-hybridized carbons (Fsp3) is 0.610. The number of amides is 2. The van der Waals surface area contributed by atoms with Crippen LogP contribution < -0.4 is 19.1 Å². The first kappa shape index (κ1) is 42.7. The van der Waals surface area contributed by atoms with Gasteiger partial charge in [0.05, 0.1) is 51.1 Å². The van der Waals surface area contributed by atoms with E-state index < -0.39 is 45.4 Å². The van der Waals surface area contributed by atoms with Gasteiger partial charge in [0.25, 0.3) is 11.8 Å². The molecule has 0 unspecified atom stereocenters. The largest absolute Gasteiger partial charge is 0.490 e. The second-order valence-electron chi connectivity index (χ2n) is 16.6. The Morgan fingerprint density at radius 2 is 1.93 bits per heavy atom. The number of methoxy groups -OCH3 is 1. The minimum Gasteiger partial charge on any atom is -0.490 e. The fourth-order valence-electron chi connectivity index (χ4n) is 9.13. The Morgan fingerprint density at radius 3 is 2.67 bits per heavy atom. The topological polar surface area (TPSA) is 150 Å². The van der Waals surface area contributed by atoms with Crippen LogP contribution in [-0.4, -0.2) is 127 Å². The summed E-state index contributed by atoms with van der Waals surface area (Å²) in [5.41, 5.74) is -0.0601. The molecule has 5 atom stereocenters.